The third-order valence-corrected chi connectivity index (χ3v) is 4.39. The number of pyridine rings is 1. The number of carbonyl (C=O) groups excluding carboxylic acids is 1. The molecule has 0 fully saturated rings. The second-order valence-corrected chi connectivity index (χ2v) is 5.88. The molecule has 0 aliphatic carbocycles. The molecule has 1 aromatic carbocycles. The van der Waals surface area contributed by atoms with Crippen LogP contribution in [0.1, 0.15) is 32.7 Å². The van der Waals surface area contributed by atoms with Crippen molar-refractivity contribution in [2.75, 3.05) is 13.7 Å². The second-order valence-electron chi connectivity index (χ2n) is 5.88. The maximum absolute atomic E-state index is 14.2. The summed E-state index contributed by atoms with van der Waals surface area (Å²) in [6.45, 7) is 3.72. The number of halogens is 4. The monoisotopic (exact) mass is 419 g/mol. The molecule has 27 heavy (non-hydrogen) atoms. The third kappa shape index (κ3) is 4.66. The first-order valence-electron chi connectivity index (χ1n) is 8.00. The van der Waals surface area contributed by atoms with E-state index < -0.39 is 23.3 Å². The van der Waals surface area contributed by atoms with E-state index in [1.807, 2.05) is 13.1 Å². The normalized spacial score (nSPS) is 12.3. The van der Waals surface area contributed by atoms with Crippen LogP contribution in [0, 0.1) is 18.6 Å². The maximum atomic E-state index is 14.2. The van der Waals surface area contributed by atoms with Gasteiger partial charge in [-0.2, -0.15) is 0 Å². The van der Waals surface area contributed by atoms with Gasteiger partial charge in [0.05, 0.1) is 12.7 Å². The largest absolute Gasteiger partial charge is 0.491 e. The minimum atomic E-state index is -1.01. The number of rotatable bonds is 4. The molecule has 148 valence electrons. The summed E-state index contributed by atoms with van der Waals surface area (Å²) in [4.78, 5) is 16.7. The summed E-state index contributed by atoms with van der Waals surface area (Å²) in [5.74, 6) is -3.04. The molecule has 1 amide bonds. The molecule has 0 radical (unpaired) electrons. The lowest BCUT2D eigenvalue weighted by molar-refractivity contribution is 0.0945. The number of ether oxygens (including phenoxy) is 1. The first kappa shape index (κ1) is 23.1. The molecular formula is C18H21Cl2F2N3O2. The number of carbonyl (C=O) groups is 1. The Morgan fingerprint density at radius 1 is 1.33 bits per heavy atom. The Bertz CT molecular complexity index is 835. The van der Waals surface area contributed by atoms with Gasteiger partial charge in [0.15, 0.2) is 17.4 Å². The molecule has 2 N–H and O–H groups in total. The van der Waals surface area contributed by atoms with Gasteiger partial charge >= 0.3 is 0 Å². The summed E-state index contributed by atoms with van der Waals surface area (Å²) in [6, 6.07) is 2.12. The Hall–Kier alpha value is -1.96. The second kappa shape index (κ2) is 9.82. The number of methoxy groups -OCH3 is 1. The Kier molecular flexibility index (Phi) is 8.40. The zero-order chi connectivity index (χ0) is 18.0. The van der Waals surface area contributed by atoms with Crippen LogP contribution in [0.4, 0.5) is 8.78 Å². The maximum Gasteiger partial charge on any atom is 0.254 e. The van der Waals surface area contributed by atoms with Gasteiger partial charge in [-0.05, 0) is 48.7 Å². The molecule has 9 heteroatoms. The number of aromatic nitrogens is 1. The van der Waals surface area contributed by atoms with Crippen LogP contribution in [0.25, 0.3) is 0 Å². The van der Waals surface area contributed by atoms with E-state index in [-0.39, 0.29) is 36.9 Å². The fraction of sp³-hybridized carbons (Fsp3) is 0.333. The molecule has 0 saturated heterocycles. The van der Waals surface area contributed by atoms with Crippen molar-refractivity contribution >= 4 is 30.7 Å². The fourth-order valence-corrected chi connectivity index (χ4v) is 3.04. The minimum absolute atomic E-state index is 0. The van der Waals surface area contributed by atoms with Gasteiger partial charge in [0.2, 0.25) is 0 Å². The number of aryl methyl sites for hydroxylation is 1. The van der Waals surface area contributed by atoms with Crippen LogP contribution in [0.15, 0.2) is 18.3 Å². The summed E-state index contributed by atoms with van der Waals surface area (Å²) in [5, 5.41) is 5.98. The molecule has 1 aromatic heterocycles. The molecule has 2 heterocycles. The van der Waals surface area contributed by atoms with Gasteiger partial charge in [-0.1, -0.05) is 0 Å². The lowest BCUT2D eigenvalue weighted by Gasteiger charge is -2.21. The van der Waals surface area contributed by atoms with E-state index in [9.17, 15) is 13.6 Å². The van der Waals surface area contributed by atoms with Gasteiger partial charge in [0.1, 0.15) is 0 Å². The van der Waals surface area contributed by atoms with Crippen molar-refractivity contribution in [1.82, 2.24) is 15.6 Å². The highest BCUT2D eigenvalue weighted by molar-refractivity contribution is 5.95. The number of nitrogens with zero attached hydrogens (tertiary/aromatic N) is 1. The van der Waals surface area contributed by atoms with Crippen LogP contribution in [-0.4, -0.2) is 24.5 Å². The first-order chi connectivity index (χ1) is 12.0. The number of benzene rings is 1. The summed E-state index contributed by atoms with van der Waals surface area (Å²) < 4.78 is 32.4. The average Bonchev–Trinajstić information content (AvgIpc) is 2.61. The number of amides is 1. The number of fused-ring (bicyclic) bond motifs is 1. The Morgan fingerprint density at radius 2 is 2.07 bits per heavy atom. The lowest BCUT2D eigenvalue weighted by Crippen LogP contribution is -2.29. The highest BCUT2D eigenvalue weighted by Crippen LogP contribution is 2.25. The molecule has 5 nitrogen and oxygen atoms in total. The SMILES string of the molecule is COc1c(F)ccc(C(=O)NCc2c(C)ncc3c2CCNC3)c1F.Cl.Cl. The van der Waals surface area contributed by atoms with E-state index in [0.717, 1.165) is 55.6 Å². The molecule has 0 spiro atoms. The third-order valence-electron chi connectivity index (χ3n) is 4.39. The summed E-state index contributed by atoms with van der Waals surface area (Å²) in [7, 11) is 1.16. The Labute approximate surface area is 168 Å². The van der Waals surface area contributed by atoms with E-state index in [2.05, 4.69) is 20.4 Å². The van der Waals surface area contributed by atoms with Crippen molar-refractivity contribution in [3.05, 3.63) is 57.9 Å². The highest BCUT2D eigenvalue weighted by atomic mass is 35.5. The highest BCUT2D eigenvalue weighted by Gasteiger charge is 2.21. The van der Waals surface area contributed by atoms with Crippen molar-refractivity contribution in [3.8, 4) is 5.75 Å². The van der Waals surface area contributed by atoms with Crippen LogP contribution in [0.3, 0.4) is 0 Å². The molecule has 0 unspecified atom stereocenters. The van der Waals surface area contributed by atoms with Crippen molar-refractivity contribution < 1.29 is 18.3 Å². The molecule has 0 atom stereocenters. The minimum Gasteiger partial charge on any atom is -0.491 e. The van der Waals surface area contributed by atoms with Gasteiger partial charge in [0.25, 0.3) is 5.91 Å². The first-order valence-corrected chi connectivity index (χ1v) is 8.00. The predicted molar refractivity (Wildman–Crippen MR) is 103 cm³/mol. The van der Waals surface area contributed by atoms with Gasteiger partial charge in [0, 0.05) is 25.0 Å². The molecule has 0 bridgehead atoms. The molecule has 0 saturated carbocycles. The zero-order valence-electron chi connectivity index (χ0n) is 14.9. The fourth-order valence-electron chi connectivity index (χ4n) is 3.04. The Balaban J connectivity index is 0.00000182. The van der Waals surface area contributed by atoms with E-state index in [0.29, 0.717) is 0 Å². The van der Waals surface area contributed by atoms with Crippen molar-refractivity contribution in [1.29, 1.82) is 0 Å². The van der Waals surface area contributed by atoms with E-state index in [1.165, 1.54) is 5.56 Å². The zero-order valence-corrected chi connectivity index (χ0v) is 16.5. The van der Waals surface area contributed by atoms with Crippen molar-refractivity contribution in [2.24, 2.45) is 0 Å². The quantitative estimate of drug-likeness (QED) is 0.798. The van der Waals surface area contributed by atoms with Crippen LogP contribution in [-0.2, 0) is 19.5 Å². The standard InChI is InChI=1S/C18H19F2N3O2.2ClH/c1-10-14(12-5-6-21-7-11(12)8-22-10)9-23-18(24)13-3-4-15(19)17(25-2)16(13)20;;/h3-4,8,21H,5-7,9H2,1-2H3,(H,23,24);2*1H. The van der Waals surface area contributed by atoms with Crippen LogP contribution < -0.4 is 15.4 Å². The number of hydrogen-bond donors (Lipinski definition) is 2. The molecular weight excluding hydrogens is 399 g/mol. The Morgan fingerprint density at radius 3 is 2.78 bits per heavy atom. The van der Waals surface area contributed by atoms with Gasteiger partial charge in [-0.15, -0.1) is 24.8 Å². The van der Waals surface area contributed by atoms with E-state index >= 15 is 0 Å². The smallest absolute Gasteiger partial charge is 0.254 e. The van der Waals surface area contributed by atoms with Crippen LogP contribution in [0.5, 0.6) is 5.75 Å². The van der Waals surface area contributed by atoms with Gasteiger partial charge < -0.3 is 15.4 Å². The van der Waals surface area contributed by atoms with Gasteiger partial charge in [-0.3, -0.25) is 9.78 Å². The summed E-state index contributed by atoms with van der Waals surface area (Å²) in [6.07, 6.45) is 2.69. The van der Waals surface area contributed by atoms with Crippen LogP contribution >= 0.6 is 24.8 Å². The summed E-state index contributed by atoms with van der Waals surface area (Å²) in [5.41, 5.74) is 3.80. The number of nitrogens with one attached hydrogen (secondary N) is 2. The molecule has 3 rings (SSSR count). The predicted octanol–water partition coefficient (Wildman–Crippen LogP) is 3.10. The van der Waals surface area contributed by atoms with Crippen LogP contribution in [0.2, 0.25) is 0 Å². The lowest BCUT2D eigenvalue weighted by atomic mass is 9.96. The molecule has 2 aromatic rings. The molecule has 1 aliphatic heterocycles. The van der Waals surface area contributed by atoms with Gasteiger partial charge in [-0.25, -0.2) is 8.78 Å². The van der Waals surface area contributed by atoms with E-state index in [4.69, 9.17) is 0 Å². The van der Waals surface area contributed by atoms with E-state index in [1.54, 1.807) is 0 Å². The number of hydrogen-bond acceptors (Lipinski definition) is 4. The van der Waals surface area contributed by atoms with Crippen molar-refractivity contribution in [2.45, 2.75) is 26.4 Å². The molecule has 1 aliphatic rings. The topological polar surface area (TPSA) is 63.2 Å². The summed E-state index contributed by atoms with van der Waals surface area (Å²) >= 11 is 0. The average molecular weight is 420 g/mol. The van der Waals surface area contributed by atoms with Crippen molar-refractivity contribution in [3.63, 3.8) is 0 Å².